The molecule has 0 saturated heterocycles. The Morgan fingerprint density at radius 2 is 1.86 bits per heavy atom. The third kappa shape index (κ3) is 4.98. The molecule has 120 valence electrons. The molecule has 2 aromatic rings. The minimum Gasteiger partial charge on any atom is -0.252 e. The molecule has 22 heavy (non-hydrogen) atoms. The van der Waals surface area contributed by atoms with Crippen LogP contribution in [0, 0.1) is 12.8 Å². The van der Waals surface area contributed by atoms with Crippen molar-refractivity contribution in [2.24, 2.45) is 5.92 Å². The van der Waals surface area contributed by atoms with Crippen molar-refractivity contribution in [1.82, 2.24) is 4.98 Å². The van der Waals surface area contributed by atoms with E-state index in [1.54, 1.807) is 0 Å². The standard InChI is InChI=1S/C19H25N.C2H6/c1-5-14(3)8-7-9-16-13-17-12-15(4)10-11-19(17)20-18(16)6-2;1-2/h7,9-14H,5-6,8H2,1-4H3;1-2H3/b9-7-;. The molecule has 2 rings (SSSR count). The van der Waals surface area contributed by atoms with Crippen molar-refractivity contribution in [1.29, 1.82) is 0 Å². The Balaban J connectivity index is 0.00000116. The van der Waals surface area contributed by atoms with Crippen molar-refractivity contribution in [2.75, 3.05) is 0 Å². The molecule has 0 aliphatic heterocycles. The molecule has 0 bridgehead atoms. The molecule has 1 unspecified atom stereocenters. The summed E-state index contributed by atoms with van der Waals surface area (Å²) in [5.41, 5.74) is 4.86. The Bertz CT molecular complexity index is 611. The maximum atomic E-state index is 4.80. The van der Waals surface area contributed by atoms with Crippen molar-refractivity contribution < 1.29 is 0 Å². The van der Waals surface area contributed by atoms with Gasteiger partial charge in [-0.05, 0) is 49.4 Å². The van der Waals surface area contributed by atoms with E-state index in [1.165, 1.54) is 28.6 Å². The van der Waals surface area contributed by atoms with Gasteiger partial charge in [0.25, 0.3) is 0 Å². The Morgan fingerprint density at radius 3 is 2.50 bits per heavy atom. The monoisotopic (exact) mass is 297 g/mol. The van der Waals surface area contributed by atoms with Crippen molar-refractivity contribution >= 4 is 17.0 Å². The number of allylic oxidation sites excluding steroid dienone is 1. The van der Waals surface area contributed by atoms with Crippen LogP contribution in [0.1, 0.15) is 64.3 Å². The van der Waals surface area contributed by atoms with Gasteiger partial charge in [0.05, 0.1) is 5.52 Å². The van der Waals surface area contributed by atoms with Crippen LogP contribution in [0.15, 0.2) is 30.3 Å². The molecule has 1 heteroatoms. The number of aromatic nitrogens is 1. The molecule has 0 aliphatic rings. The number of aryl methyl sites for hydroxylation is 2. The molecule has 1 aromatic heterocycles. The number of benzene rings is 1. The van der Waals surface area contributed by atoms with E-state index < -0.39 is 0 Å². The van der Waals surface area contributed by atoms with Crippen molar-refractivity contribution in [3.8, 4) is 0 Å². The van der Waals surface area contributed by atoms with Crippen LogP contribution in [0.3, 0.4) is 0 Å². The zero-order valence-electron chi connectivity index (χ0n) is 15.1. The van der Waals surface area contributed by atoms with Crippen molar-refractivity contribution in [3.05, 3.63) is 47.2 Å². The average molecular weight is 297 g/mol. The molecule has 1 nitrogen and oxygen atoms in total. The van der Waals surface area contributed by atoms with Crippen LogP contribution in [0.5, 0.6) is 0 Å². The van der Waals surface area contributed by atoms with Crippen LogP contribution < -0.4 is 0 Å². The predicted octanol–water partition coefficient (Wildman–Crippen LogP) is 6.58. The average Bonchev–Trinajstić information content (AvgIpc) is 2.55. The molecule has 0 fully saturated rings. The third-order valence-corrected chi connectivity index (χ3v) is 3.95. The normalized spacial score (nSPS) is 12.3. The minimum absolute atomic E-state index is 0.756. The first-order valence-electron chi connectivity index (χ1n) is 8.70. The lowest BCUT2D eigenvalue weighted by Crippen LogP contribution is -1.94. The minimum atomic E-state index is 0.756. The Kier molecular flexibility index (Phi) is 7.87. The highest BCUT2D eigenvalue weighted by molar-refractivity contribution is 5.82. The van der Waals surface area contributed by atoms with E-state index in [1.807, 2.05) is 13.8 Å². The number of hydrogen-bond acceptors (Lipinski definition) is 1. The summed E-state index contributed by atoms with van der Waals surface area (Å²) in [6.45, 7) is 12.9. The first kappa shape index (κ1) is 18.4. The van der Waals surface area contributed by atoms with Gasteiger partial charge in [-0.2, -0.15) is 0 Å². The zero-order chi connectivity index (χ0) is 16.5. The van der Waals surface area contributed by atoms with Gasteiger partial charge in [0, 0.05) is 11.1 Å². The second-order valence-electron chi connectivity index (χ2n) is 5.73. The van der Waals surface area contributed by atoms with Crippen LogP contribution in [-0.4, -0.2) is 4.98 Å². The Hall–Kier alpha value is -1.63. The largest absolute Gasteiger partial charge is 0.252 e. The van der Waals surface area contributed by atoms with Crippen LogP contribution in [-0.2, 0) is 6.42 Å². The third-order valence-electron chi connectivity index (χ3n) is 3.95. The molecule has 1 heterocycles. The second kappa shape index (κ2) is 9.40. The molecule has 0 aliphatic carbocycles. The highest BCUT2D eigenvalue weighted by Crippen LogP contribution is 2.20. The summed E-state index contributed by atoms with van der Waals surface area (Å²) < 4.78 is 0. The smallest absolute Gasteiger partial charge is 0.0705 e. The van der Waals surface area contributed by atoms with E-state index >= 15 is 0 Å². The first-order valence-corrected chi connectivity index (χ1v) is 8.70. The number of pyridine rings is 1. The molecular formula is C21H31N. The van der Waals surface area contributed by atoms with Gasteiger partial charge in [-0.15, -0.1) is 0 Å². The molecule has 1 atom stereocenters. The van der Waals surface area contributed by atoms with Gasteiger partial charge in [0.2, 0.25) is 0 Å². The molecule has 1 aromatic carbocycles. The predicted molar refractivity (Wildman–Crippen MR) is 100 cm³/mol. The second-order valence-corrected chi connectivity index (χ2v) is 5.73. The van der Waals surface area contributed by atoms with Gasteiger partial charge in [-0.3, -0.25) is 4.98 Å². The molecule has 0 radical (unpaired) electrons. The lowest BCUT2D eigenvalue weighted by atomic mass is 10.0. The highest BCUT2D eigenvalue weighted by atomic mass is 14.7. The van der Waals surface area contributed by atoms with Gasteiger partial charge in [0.1, 0.15) is 0 Å². The van der Waals surface area contributed by atoms with Gasteiger partial charge in [-0.25, -0.2) is 0 Å². The van der Waals surface area contributed by atoms with E-state index in [2.05, 4.69) is 64.1 Å². The quantitative estimate of drug-likeness (QED) is 0.607. The summed E-state index contributed by atoms with van der Waals surface area (Å²) in [5.74, 6) is 0.756. The van der Waals surface area contributed by atoms with E-state index in [9.17, 15) is 0 Å². The van der Waals surface area contributed by atoms with Crippen molar-refractivity contribution in [2.45, 2.75) is 60.8 Å². The molecule has 0 saturated carbocycles. The van der Waals surface area contributed by atoms with Crippen molar-refractivity contribution in [3.63, 3.8) is 0 Å². The topological polar surface area (TPSA) is 12.9 Å². The Morgan fingerprint density at radius 1 is 1.14 bits per heavy atom. The summed E-state index contributed by atoms with van der Waals surface area (Å²) in [5, 5.41) is 1.24. The summed E-state index contributed by atoms with van der Waals surface area (Å²) in [6, 6.07) is 8.75. The summed E-state index contributed by atoms with van der Waals surface area (Å²) in [7, 11) is 0. The zero-order valence-corrected chi connectivity index (χ0v) is 15.1. The molecule has 0 N–H and O–H groups in total. The van der Waals surface area contributed by atoms with Gasteiger partial charge >= 0.3 is 0 Å². The summed E-state index contributed by atoms with van der Waals surface area (Å²) in [6.07, 6.45) is 7.91. The van der Waals surface area contributed by atoms with Gasteiger partial charge in [-0.1, -0.05) is 64.8 Å². The number of nitrogens with zero attached hydrogens (tertiary/aromatic N) is 1. The van der Waals surface area contributed by atoms with E-state index in [0.717, 1.165) is 24.3 Å². The maximum absolute atomic E-state index is 4.80. The number of fused-ring (bicyclic) bond motifs is 1. The SMILES string of the molecule is CC.CCc1nc2ccc(C)cc2cc1/C=C\CC(C)CC. The van der Waals surface area contributed by atoms with E-state index in [0.29, 0.717) is 0 Å². The summed E-state index contributed by atoms with van der Waals surface area (Å²) in [4.78, 5) is 4.80. The summed E-state index contributed by atoms with van der Waals surface area (Å²) >= 11 is 0. The number of hydrogen-bond donors (Lipinski definition) is 0. The molecule has 0 spiro atoms. The fourth-order valence-corrected chi connectivity index (χ4v) is 2.37. The fraction of sp³-hybridized carbons (Fsp3) is 0.476. The van der Waals surface area contributed by atoms with Crippen LogP contribution in [0.4, 0.5) is 0 Å². The highest BCUT2D eigenvalue weighted by Gasteiger charge is 2.04. The molecule has 0 amide bonds. The maximum Gasteiger partial charge on any atom is 0.0705 e. The lowest BCUT2D eigenvalue weighted by Gasteiger charge is -2.07. The van der Waals surface area contributed by atoms with Gasteiger partial charge in [0.15, 0.2) is 0 Å². The van der Waals surface area contributed by atoms with Crippen LogP contribution >= 0.6 is 0 Å². The van der Waals surface area contributed by atoms with Crippen LogP contribution in [0.25, 0.3) is 17.0 Å². The lowest BCUT2D eigenvalue weighted by molar-refractivity contribution is 0.573. The first-order chi connectivity index (χ1) is 10.6. The van der Waals surface area contributed by atoms with E-state index in [-0.39, 0.29) is 0 Å². The van der Waals surface area contributed by atoms with Crippen LogP contribution in [0.2, 0.25) is 0 Å². The van der Waals surface area contributed by atoms with E-state index in [4.69, 9.17) is 4.98 Å². The Labute approximate surface area is 136 Å². The van der Waals surface area contributed by atoms with Gasteiger partial charge < -0.3 is 0 Å². The number of rotatable bonds is 5. The molecular weight excluding hydrogens is 266 g/mol. The fourth-order valence-electron chi connectivity index (χ4n) is 2.37.